The highest BCUT2D eigenvalue weighted by molar-refractivity contribution is 8.00. The predicted octanol–water partition coefficient (Wildman–Crippen LogP) is 2.31. The first-order valence-electron chi connectivity index (χ1n) is 5.20. The fourth-order valence-electron chi connectivity index (χ4n) is 1.02. The summed E-state index contributed by atoms with van der Waals surface area (Å²) in [6.07, 6.45) is 0. The number of nitrogens with one attached hydrogen (secondary N) is 1. The fourth-order valence-corrected chi connectivity index (χ4v) is 2.72. The van der Waals surface area contributed by atoms with Crippen LogP contribution < -0.4 is 5.32 Å². The molecule has 17 heavy (non-hydrogen) atoms. The summed E-state index contributed by atoms with van der Waals surface area (Å²) in [6.45, 7) is 4.74. The van der Waals surface area contributed by atoms with Gasteiger partial charge >= 0.3 is 5.97 Å². The number of amides is 1. The number of carbonyl (C=O) groups is 2. The molecule has 0 unspecified atom stereocenters. The molecule has 2 N–H and O–H groups in total. The first-order valence-corrected chi connectivity index (χ1v) is 7.07. The standard InChI is InChI=1S/C11H15NO3S2/c1-7(2)4-12-10(13)6-16-8-3-9(11(14)15)17-5-8/h3,5,7H,4,6H2,1-2H3,(H,12,13)(H,14,15). The van der Waals surface area contributed by atoms with Crippen molar-refractivity contribution in [3.05, 3.63) is 16.3 Å². The van der Waals surface area contributed by atoms with Gasteiger partial charge in [0, 0.05) is 16.8 Å². The van der Waals surface area contributed by atoms with Crippen LogP contribution in [0.5, 0.6) is 0 Å². The van der Waals surface area contributed by atoms with Crippen LogP contribution in [-0.2, 0) is 4.79 Å². The largest absolute Gasteiger partial charge is 0.477 e. The lowest BCUT2D eigenvalue weighted by atomic mass is 10.2. The molecule has 0 saturated carbocycles. The Morgan fingerprint density at radius 1 is 1.53 bits per heavy atom. The van der Waals surface area contributed by atoms with Crippen molar-refractivity contribution in [3.63, 3.8) is 0 Å². The van der Waals surface area contributed by atoms with Gasteiger partial charge in [0.2, 0.25) is 5.91 Å². The summed E-state index contributed by atoms with van der Waals surface area (Å²) in [5.41, 5.74) is 0. The summed E-state index contributed by atoms with van der Waals surface area (Å²) >= 11 is 2.53. The zero-order valence-corrected chi connectivity index (χ0v) is 11.4. The zero-order valence-electron chi connectivity index (χ0n) is 9.73. The second-order valence-electron chi connectivity index (χ2n) is 3.94. The molecule has 0 spiro atoms. The highest BCUT2D eigenvalue weighted by atomic mass is 32.2. The summed E-state index contributed by atoms with van der Waals surface area (Å²) in [7, 11) is 0. The molecule has 1 amide bonds. The van der Waals surface area contributed by atoms with E-state index in [0.29, 0.717) is 23.1 Å². The third-order valence-electron chi connectivity index (χ3n) is 1.86. The molecule has 94 valence electrons. The van der Waals surface area contributed by atoms with Gasteiger partial charge in [0.05, 0.1) is 5.75 Å². The second kappa shape index (κ2) is 6.66. The van der Waals surface area contributed by atoms with E-state index in [4.69, 9.17) is 5.11 Å². The number of hydrogen-bond acceptors (Lipinski definition) is 4. The van der Waals surface area contributed by atoms with Gasteiger partial charge < -0.3 is 10.4 Å². The quantitative estimate of drug-likeness (QED) is 0.781. The molecule has 4 nitrogen and oxygen atoms in total. The van der Waals surface area contributed by atoms with E-state index in [1.54, 1.807) is 11.4 Å². The van der Waals surface area contributed by atoms with E-state index in [1.165, 1.54) is 23.1 Å². The first-order chi connectivity index (χ1) is 7.99. The molecule has 0 fully saturated rings. The average Bonchev–Trinajstić information content (AvgIpc) is 2.72. The maximum absolute atomic E-state index is 11.4. The normalized spacial score (nSPS) is 10.5. The fraction of sp³-hybridized carbons (Fsp3) is 0.455. The minimum Gasteiger partial charge on any atom is -0.477 e. The van der Waals surface area contributed by atoms with E-state index in [-0.39, 0.29) is 5.91 Å². The van der Waals surface area contributed by atoms with Crippen molar-refractivity contribution in [2.45, 2.75) is 18.7 Å². The summed E-state index contributed by atoms with van der Waals surface area (Å²) in [5.74, 6) is -0.190. The molecule has 1 aromatic rings. The Bertz CT molecular complexity index is 401. The van der Waals surface area contributed by atoms with E-state index >= 15 is 0 Å². The number of aromatic carboxylic acids is 1. The predicted molar refractivity (Wildman–Crippen MR) is 69.9 cm³/mol. The molecule has 0 aromatic carbocycles. The number of carboxylic acid groups (broad SMARTS) is 1. The van der Waals surface area contributed by atoms with Gasteiger partial charge in [-0.2, -0.15) is 0 Å². The maximum atomic E-state index is 11.4. The van der Waals surface area contributed by atoms with Gasteiger partial charge in [-0.1, -0.05) is 13.8 Å². The van der Waals surface area contributed by atoms with Crippen LogP contribution in [0.1, 0.15) is 23.5 Å². The average molecular weight is 273 g/mol. The third kappa shape index (κ3) is 5.23. The SMILES string of the molecule is CC(C)CNC(=O)CSc1csc(C(=O)O)c1. The van der Waals surface area contributed by atoms with E-state index in [1.807, 2.05) is 13.8 Å². The molecule has 0 aliphatic carbocycles. The molecule has 0 atom stereocenters. The lowest BCUT2D eigenvalue weighted by molar-refractivity contribution is -0.118. The van der Waals surface area contributed by atoms with Crippen molar-refractivity contribution in [1.82, 2.24) is 5.32 Å². The lowest BCUT2D eigenvalue weighted by Gasteiger charge is -2.06. The molecular weight excluding hydrogens is 258 g/mol. The summed E-state index contributed by atoms with van der Waals surface area (Å²) in [5, 5.41) is 13.3. The van der Waals surface area contributed by atoms with Crippen molar-refractivity contribution in [1.29, 1.82) is 0 Å². The molecule has 1 aromatic heterocycles. The van der Waals surface area contributed by atoms with Gasteiger partial charge in [-0.15, -0.1) is 23.1 Å². The molecule has 0 bridgehead atoms. The van der Waals surface area contributed by atoms with Crippen molar-refractivity contribution < 1.29 is 14.7 Å². The van der Waals surface area contributed by atoms with Crippen LogP contribution >= 0.6 is 23.1 Å². The minimum atomic E-state index is -0.925. The van der Waals surface area contributed by atoms with Gasteiger partial charge in [-0.3, -0.25) is 4.79 Å². The smallest absolute Gasteiger partial charge is 0.345 e. The van der Waals surface area contributed by atoms with Gasteiger partial charge in [0.1, 0.15) is 4.88 Å². The van der Waals surface area contributed by atoms with E-state index in [9.17, 15) is 9.59 Å². The van der Waals surface area contributed by atoms with E-state index in [0.717, 1.165) is 4.90 Å². The Labute approximate surface area is 108 Å². The number of thioether (sulfide) groups is 1. The first kappa shape index (κ1) is 14.1. The second-order valence-corrected chi connectivity index (χ2v) is 5.90. The van der Waals surface area contributed by atoms with Crippen LogP contribution in [-0.4, -0.2) is 29.3 Å². The summed E-state index contributed by atoms with van der Waals surface area (Å²) in [6, 6.07) is 1.59. The molecule has 6 heteroatoms. The van der Waals surface area contributed by atoms with Crippen LogP contribution in [0.2, 0.25) is 0 Å². The Balaban J connectivity index is 2.34. The number of carboxylic acids is 1. The highest BCUT2D eigenvalue weighted by Crippen LogP contribution is 2.24. The van der Waals surface area contributed by atoms with Crippen LogP contribution in [0.3, 0.4) is 0 Å². The topological polar surface area (TPSA) is 66.4 Å². The third-order valence-corrected chi connectivity index (χ3v) is 3.91. The molecule has 0 aliphatic heterocycles. The number of thiophene rings is 1. The molecule has 1 heterocycles. The van der Waals surface area contributed by atoms with Gasteiger partial charge in [-0.05, 0) is 12.0 Å². The van der Waals surface area contributed by atoms with Crippen LogP contribution in [0.4, 0.5) is 0 Å². The van der Waals surface area contributed by atoms with Gasteiger partial charge in [-0.25, -0.2) is 4.79 Å². The number of rotatable bonds is 6. The molecule has 0 aliphatic rings. The van der Waals surface area contributed by atoms with Crippen molar-refractivity contribution in [2.75, 3.05) is 12.3 Å². The molecule has 1 rings (SSSR count). The lowest BCUT2D eigenvalue weighted by Crippen LogP contribution is -2.28. The molecule has 0 saturated heterocycles. The zero-order chi connectivity index (χ0) is 12.8. The summed E-state index contributed by atoms with van der Waals surface area (Å²) in [4.78, 5) is 23.2. The van der Waals surface area contributed by atoms with E-state index < -0.39 is 5.97 Å². The Hall–Kier alpha value is -1.01. The number of hydrogen-bond donors (Lipinski definition) is 2. The Kier molecular flexibility index (Phi) is 5.50. The maximum Gasteiger partial charge on any atom is 0.345 e. The van der Waals surface area contributed by atoms with Gasteiger partial charge in [0.25, 0.3) is 0 Å². The Morgan fingerprint density at radius 2 is 2.24 bits per heavy atom. The van der Waals surface area contributed by atoms with E-state index in [2.05, 4.69) is 5.32 Å². The molecule has 0 radical (unpaired) electrons. The molecular formula is C11H15NO3S2. The summed E-state index contributed by atoms with van der Waals surface area (Å²) < 4.78 is 0. The van der Waals surface area contributed by atoms with Crippen LogP contribution in [0.15, 0.2) is 16.3 Å². The highest BCUT2D eigenvalue weighted by Gasteiger charge is 2.09. The number of carbonyl (C=O) groups excluding carboxylic acids is 1. The van der Waals surface area contributed by atoms with Crippen LogP contribution in [0.25, 0.3) is 0 Å². The van der Waals surface area contributed by atoms with Crippen molar-refractivity contribution in [2.24, 2.45) is 5.92 Å². The van der Waals surface area contributed by atoms with Crippen molar-refractivity contribution >= 4 is 35.0 Å². The van der Waals surface area contributed by atoms with Crippen LogP contribution in [0, 0.1) is 5.92 Å². The Morgan fingerprint density at radius 3 is 2.76 bits per heavy atom. The minimum absolute atomic E-state index is 0.0215. The van der Waals surface area contributed by atoms with Gasteiger partial charge in [0.15, 0.2) is 0 Å². The van der Waals surface area contributed by atoms with Crippen molar-refractivity contribution in [3.8, 4) is 0 Å². The monoisotopic (exact) mass is 273 g/mol.